The predicted molar refractivity (Wildman–Crippen MR) is 72.2 cm³/mol. The van der Waals surface area contributed by atoms with Crippen molar-refractivity contribution < 1.29 is 13.2 Å². The number of pyridine rings is 1. The molecule has 1 aliphatic rings. The first-order valence-corrected chi connectivity index (χ1v) is 6.99. The van der Waals surface area contributed by atoms with Gasteiger partial charge in [-0.2, -0.15) is 13.2 Å². The van der Waals surface area contributed by atoms with E-state index in [1.807, 2.05) is 6.92 Å². The summed E-state index contributed by atoms with van der Waals surface area (Å²) in [5.41, 5.74) is 5.03. The molecule has 0 bridgehead atoms. The van der Waals surface area contributed by atoms with E-state index in [4.69, 9.17) is 17.3 Å². The lowest BCUT2D eigenvalue weighted by Crippen LogP contribution is -2.39. The Morgan fingerprint density at radius 3 is 2.71 bits per heavy atom. The number of hydrogen-bond acceptors (Lipinski definition) is 3. The Kier molecular flexibility index (Phi) is 3.18. The van der Waals surface area contributed by atoms with Gasteiger partial charge in [0.1, 0.15) is 5.82 Å². The van der Waals surface area contributed by atoms with E-state index in [-0.39, 0.29) is 16.7 Å². The van der Waals surface area contributed by atoms with E-state index in [0.717, 1.165) is 31.5 Å². The van der Waals surface area contributed by atoms with Gasteiger partial charge < -0.3 is 5.73 Å². The summed E-state index contributed by atoms with van der Waals surface area (Å²) < 4.78 is 40.2. The van der Waals surface area contributed by atoms with Gasteiger partial charge in [0.05, 0.1) is 10.6 Å². The normalized spacial score (nSPS) is 26.7. The molecule has 2 atom stereocenters. The Morgan fingerprint density at radius 2 is 2.14 bits per heavy atom. The molecular formula is C13H14ClF3N4. The van der Waals surface area contributed by atoms with Gasteiger partial charge in [-0.3, -0.25) is 4.40 Å². The zero-order valence-corrected chi connectivity index (χ0v) is 12.0. The lowest BCUT2D eigenvalue weighted by molar-refractivity contribution is -0.137. The average Bonchev–Trinajstić information content (AvgIpc) is 2.94. The molecule has 2 aromatic heterocycles. The summed E-state index contributed by atoms with van der Waals surface area (Å²) in [5, 5.41) is 7.92. The Balaban J connectivity index is 2.24. The summed E-state index contributed by atoms with van der Waals surface area (Å²) in [6.45, 7) is 1.91. The molecule has 1 fully saturated rings. The summed E-state index contributed by atoms with van der Waals surface area (Å²) in [5.74, 6) is 0.440. The van der Waals surface area contributed by atoms with Gasteiger partial charge in [0.2, 0.25) is 0 Å². The minimum absolute atomic E-state index is 0.0706. The maximum atomic E-state index is 12.9. The maximum Gasteiger partial charge on any atom is 0.417 e. The highest BCUT2D eigenvalue weighted by Crippen LogP contribution is 2.40. The zero-order chi connectivity index (χ0) is 15.4. The minimum atomic E-state index is -4.47. The molecule has 21 heavy (non-hydrogen) atoms. The van der Waals surface area contributed by atoms with E-state index in [2.05, 4.69) is 10.2 Å². The van der Waals surface area contributed by atoms with Crippen molar-refractivity contribution >= 4 is 17.2 Å². The first kappa shape index (κ1) is 14.6. The predicted octanol–water partition coefficient (Wildman–Crippen LogP) is 3.17. The highest BCUT2D eigenvalue weighted by atomic mass is 35.5. The van der Waals surface area contributed by atoms with Crippen LogP contribution in [0.5, 0.6) is 0 Å². The molecule has 0 radical (unpaired) electrons. The first-order valence-electron chi connectivity index (χ1n) is 6.61. The van der Waals surface area contributed by atoms with Crippen molar-refractivity contribution in [3.63, 3.8) is 0 Å². The second-order valence-electron chi connectivity index (χ2n) is 5.71. The van der Waals surface area contributed by atoms with Crippen LogP contribution < -0.4 is 5.73 Å². The van der Waals surface area contributed by atoms with E-state index < -0.39 is 17.2 Å². The molecular weight excluding hydrogens is 305 g/mol. The molecule has 2 unspecified atom stereocenters. The Hall–Kier alpha value is -1.34. The van der Waals surface area contributed by atoms with E-state index >= 15 is 0 Å². The van der Waals surface area contributed by atoms with Crippen LogP contribution in [0.4, 0.5) is 13.2 Å². The quantitative estimate of drug-likeness (QED) is 0.878. The second kappa shape index (κ2) is 4.58. The van der Waals surface area contributed by atoms with Crippen LogP contribution in [0, 0.1) is 0 Å². The van der Waals surface area contributed by atoms with Gasteiger partial charge in [-0.1, -0.05) is 24.9 Å². The molecule has 0 amide bonds. The second-order valence-corrected chi connectivity index (χ2v) is 6.12. The van der Waals surface area contributed by atoms with Crippen molar-refractivity contribution in [1.29, 1.82) is 0 Å². The van der Waals surface area contributed by atoms with Crippen molar-refractivity contribution in [3.8, 4) is 0 Å². The lowest BCUT2D eigenvalue weighted by Gasteiger charge is -2.27. The van der Waals surface area contributed by atoms with Gasteiger partial charge in [0.15, 0.2) is 5.65 Å². The van der Waals surface area contributed by atoms with Crippen LogP contribution in [0.2, 0.25) is 5.02 Å². The van der Waals surface area contributed by atoms with Gasteiger partial charge in [0.25, 0.3) is 0 Å². The van der Waals surface area contributed by atoms with Gasteiger partial charge in [-0.05, 0) is 18.9 Å². The van der Waals surface area contributed by atoms with Crippen molar-refractivity contribution in [2.75, 3.05) is 0 Å². The summed E-state index contributed by atoms with van der Waals surface area (Å²) in [4.78, 5) is 0. The average molecular weight is 319 g/mol. The molecule has 3 rings (SSSR count). The molecule has 0 saturated heterocycles. The van der Waals surface area contributed by atoms with E-state index in [1.54, 1.807) is 0 Å². The van der Waals surface area contributed by atoms with Crippen LogP contribution in [0.1, 0.15) is 37.6 Å². The fourth-order valence-electron chi connectivity index (χ4n) is 2.97. The van der Waals surface area contributed by atoms with Crippen molar-refractivity contribution in [2.45, 2.75) is 43.8 Å². The minimum Gasteiger partial charge on any atom is -0.327 e. The molecule has 2 aromatic rings. The fourth-order valence-corrected chi connectivity index (χ4v) is 3.22. The molecule has 0 aliphatic heterocycles. The summed E-state index contributed by atoms with van der Waals surface area (Å²) >= 11 is 5.92. The third-order valence-corrected chi connectivity index (χ3v) is 4.61. The van der Waals surface area contributed by atoms with E-state index in [1.165, 1.54) is 4.40 Å². The van der Waals surface area contributed by atoms with Crippen LogP contribution in [0.3, 0.4) is 0 Å². The number of fused-ring (bicyclic) bond motifs is 1. The standard InChI is InChI=1S/C13H14ClF3N4/c1-12(4-2-3-9(12)18)11-20-19-10-8(14)5-7(6-21(10)11)13(15,16)17/h5-6,9H,2-4,18H2,1H3. The van der Waals surface area contributed by atoms with Crippen LogP contribution in [-0.2, 0) is 11.6 Å². The number of alkyl halides is 3. The van der Waals surface area contributed by atoms with Crippen molar-refractivity contribution in [3.05, 3.63) is 28.7 Å². The third kappa shape index (κ3) is 2.19. The maximum absolute atomic E-state index is 12.9. The topological polar surface area (TPSA) is 56.2 Å². The molecule has 4 nitrogen and oxygen atoms in total. The number of halogens is 4. The summed E-state index contributed by atoms with van der Waals surface area (Å²) in [6.07, 6.45) is -0.981. The lowest BCUT2D eigenvalue weighted by atomic mass is 9.84. The van der Waals surface area contributed by atoms with E-state index in [9.17, 15) is 13.2 Å². The SMILES string of the molecule is CC1(c2nnc3c(Cl)cc(C(F)(F)F)cn23)CCCC1N. The summed E-state index contributed by atoms with van der Waals surface area (Å²) in [6, 6.07) is 0.713. The fraction of sp³-hybridized carbons (Fsp3) is 0.538. The Bertz CT molecular complexity index is 697. The van der Waals surface area contributed by atoms with Crippen molar-refractivity contribution in [1.82, 2.24) is 14.6 Å². The van der Waals surface area contributed by atoms with Gasteiger partial charge in [0, 0.05) is 17.7 Å². The number of aromatic nitrogens is 3. The van der Waals surface area contributed by atoms with Gasteiger partial charge in [-0.15, -0.1) is 10.2 Å². The Labute approximate surface area is 124 Å². The molecule has 2 N–H and O–H groups in total. The highest BCUT2D eigenvalue weighted by molar-refractivity contribution is 6.33. The van der Waals surface area contributed by atoms with Crippen LogP contribution >= 0.6 is 11.6 Å². The molecule has 0 spiro atoms. The zero-order valence-electron chi connectivity index (χ0n) is 11.3. The molecule has 1 saturated carbocycles. The van der Waals surface area contributed by atoms with Gasteiger partial charge >= 0.3 is 6.18 Å². The molecule has 1 aliphatic carbocycles. The molecule has 114 valence electrons. The summed E-state index contributed by atoms with van der Waals surface area (Å²) in [7, 11) is 0. The molecule has 2 heterocycles. The van der Waals surface area contributed by atoms with Crippen LogP contribution in [0.25, 0.3) is 5.65 Å². The smallest absolute Gasteiger partial charge is 0.327 e. The monoisotopic (exact) mass is 318 g/mol. The van der Waals surface area contributed by atoms with Gasteiger partial charge in [-0.25, -0.2) is 0 Å². The first-order chi connectivity index (χ1) is 9.73. The van der Waals surface area contributed by atoms with E-state index in [0.29, 0.717) is 5.82 Å². The Morgan fingerprint density at radius 1 is 1.43 bits per heavy atom. The molecule has 0 aromatic carbocycles. The number of nitrogens with two attached hydrogens (primary N) is 1. The van der Waals surface area contributed by atoms with Crippen LogP contribution in [0.15, 0.2) is 12.3 Å². The largest absolute Gasteiger partial charge is 0.417 e. The number of hydrogen-bond donors (Lipinski definition) is 1. The molecule has 8 heteroatoms. The van der Waals surface area contributed by atoms with Crippen molar-refractivity contribution in [2.24, 2.45) is 5.73 Å². The van der Waals surface area contributed by atoms with Crippen LogP contribution in [-0.4, -0.2) is 20.6 Å². The third-order valence-electron chi connectivity index (χ3n) is 4.33. The number of rotatable bonds is 1. The number of nitrogens with zero attached hydrogens (tertiary/aromatic N) is 3. The highest BCUT2D eigenvalue weighted by Gasteiger charge is 2.42.